The molecule has 0 aromatic heterocycles. The minimum absolute atomic E-state index is 0.0735. The van der Waals surface area contributed by atoms with E-state index in [0.717, 1.165) is 17.7 Å². The summed E-state index contributed by atoms with van der Waals surface area (Å²) in [6.45, 7) is 0. The average Bonchev–Trinajstić information content (AvgIpc) is 3.00. The molecule has 1 aliphatic rings. The molecule has 3 nitrogen and oxygen atoms in total. The Bertz CT molecular complexity index is 401. The van der Waals surface area contributed by atoms with Gasteiger partial charge in [-0.1, -0.05) is 0 Å². The molecule has 1 amide bonds. The van der Waals surface area contributed by atoms with Crippen LogP contribution in [0.5, 0.6) is 0 Å². The van der Waals surface area contributed by atoms with Gasteiger partial charge in [0.25, 0.3) is 0 Å². The molecule has 1 aliphatic carbocycles. The molecule has 1 saturated carbocycles. The van der Waals surface area contributed by atoms with Crippen molar-refractivity contribution < 1.29 is 9.18 Å². The van der Waals surface area contributed by atoms with E-state index in [1.54, 1.807) is 6.07 Å². The van der Waals surface area contributed by atoms with Crippen LogP contribution in [-0.2, 0) is 4.79 Å². The number of anilines is 1. The van der Waals surface area contributed by atoms with Gasteiger partial charge in [0, 0.05) is 28.8 Å². The minimum atomic E-state index is -0.338. The third-order valence-electron chi connectivity index (χ3n) is 2.43. The van der Waals surface area contributed by atoms with Crippen LogP contribution in [0.2, 0.25) is 0 Å². The molecule has 0 saturated heterocycles. The highest BCUT2D eigenvalue weighted by atomic mass is 32.2. The van der Waals surface area contributed by atoms with E-state index in [2.05, 4.69) is 5.32 Å². The molecule has 2 rings (SSSR count). The van der Waals surface area contributed by atoms with Crippen LogP contribution in [0.4, 0.5) is 10.1 Å². The van der Waals surface area contributed by atoms with E-state index < -0.39 is 0 Å². The zero-order chi connectivity index (χ0) is 12.3. The fourth-order valence-electron chi connectivity index (χ4n) is 1.46. The van der Waals surface area contributed by atoms with Crippen LogP contribution in [0.1, 0.15) is 19.3 Å². The predicted octanol–water partition coefficient (Wildman–Crippen LogP) is 2.17. The highest BCUT2D eigenvalue weighted by Gasteiger charge is 2.22. The second-order valence-corrected chi connectivity index (χ2v) is 5.33. The van der Waals surface area contributed by atoms with Gasteiger partial charge in [0.1, 0.15) is 5.82 Å². The SMILES string of the molecule is Nc1cc(F)cc(SCCC(=O)NC2CC2)c1. The quantitative estimate of drug-likeness (QED) is 0.625. The molecule has 0 unspecified atom stereocenters. The summed E-state index contributed by atoms with van der Waals surface area (Å²) < 4.78 is 13.0. The Labute approximate surface area is 104 Å². The van der Waals surface area contributed by atoms with Gasteiger partial charge in [0.05, 0.1) is 0 Å². The summed E-state index contributed by atoms with van der Waals surface area (Å²) >= 11 is 1.44. The van der Waals surface area contributed by atoms with Crippen molar-refractivity contribution in [2.45, 2.75) is 30.2 Å². The van der Waals surface area contributed by atoms with Crippen molar-refractivity contribution in [2.75, 3.05) is 11.5 Å². The molecule has 17 heavy (non-hydrogen) atoms. The van der Waals surface area contributed by atoms with Gasteiger partial charge in [-0.25, -0.2) is 4.39 Å². The number of nitrogens with two attached hydrogens (primary N) is 1. The van der Waals surface area contributed by atoms with Crippen LogP contribution in [0.25, 0.3) is 0 Å². The molecule has 92 valence electrons. The highest BCUT2D eigenvalue weighted by molar-refractivity contribution is 7.99. The number of nitrogens with one attached hydrogen (secondary N) is 1. The number of hydrogen-bond donors (Lipinski definition) is 2. The maximum Gasteiger partial charge on any atom is 0.221 e. The lowest BCUT2D eigenvalue weighted by Crippen LogP contribution is -2.25. The lowest BCUT2D eigenvalue weighted by molar-refractivity contribution is -0.120. The molecule has 0 atom stereocenters. The molecule has 0 spiro atoms. The Morgan fingerprint density at radius 1 is 1.47 bits per heavy atom. The molecule has 1 fully saturated rings. The average molecular weight is 254 g/mol. The van der Waals surface area contributed by atoms with Gasteiger partial charge in [-0.15, -0.1) is 11.8 Å². The molecule has 3 N–H and O–H groups in total. The van der Waals surface area contributed by atoms with Crippen LogP contribution in [0.15, 0.2) is 23.1 Å². The zero-order valence-electron chi connectivity index (χ0n) is 9.41. The zero-order valence-corrected chi connectivity index (χ0v) is 10.2. The first-order valence-corrected chi connectivity index (χ1v) is 6.60. The van der Waals surface area contributed by atoms with E-state index in [0.29, 0.717) is 23.9 Å². The van der Waals surface area contributed by atoms with E-state index in [-0.39, 0.29) is 11.7 Å². The Morgan fingerprint density at radius 2 is 2.24 bits per heavy atom. The monoisotopic (exact) mass is 254 g/mol. The fraction of sp³-hybridized carbons (Fsp3) is 0.417. The lowest BCUT2D eigenvalue weighted by atomic mass is 10.3. The van der Waals surface area contributed by atoms with Crippen molar-refractivity contribution in [1.29, 1.82) is 0 Å². The number of carbonyl (C=O) groups excluding carboxylic acids is 1. The highest BCUT2D eigenvalue weighted by Crippen LogP contribution is 2.23. The number of hydrogen-bond acceptors (Lipinski definition) is 3. The summed E-state index contributed by atoms with van der Waals surface area (Å²) in [5, 5.41) is 2.91. The molecule has 0 radical (unpaired) electrons. The maximum atomic E-state index is 13.0. The lowest BCUT2D eigenvalue weighted by Gasteiger charge is -2.04. The number of thioether (sulfide) groups is 1. The summed E-state index contributed by atoms with van der Waals surface area (Å²) in [5.41, 5.74) is 5.94. The van der Waals surface area contributed by atoms with Crippen LogP contribution in [-0.4, -0.2) is 17.7 Å². The van der Waals surface area contributed by atoms with Gasteiger partial charge in [-0.2, -0.15) is 0 Å². The smallest absolute Gasteiger partial charge is 0.221 e. The first-order chi connectivity index (χ1) is 8.13. The van der Waals surface area contributed by atoms with E-state index in [9.17, 15) is 9.18 Å². The third kappa shape index (κ3) is 4.26. The van der Waals surface area contributed by atoms with Crippen molar-refractivity contribution in [2.24, 2.45) is 0 Å². The normalized spacial score (nSPS) is 14.6. The van der Waals surface area contributed by atoms with Crippen molar-refractivity contribution in [3.8, 4) is 0 Å². The second-order valence-electron chi connectivity index (χ2n) is 4.16. The number of halogens is 1. The summed E-state index contributed by atoms with van der Waals surface area (Å²) in [7, 11) is 0. The van der Waals surface area contributed by atoms with Gasteiger partial charge in [0.2, 0.25) is 5.91 Å². The first-order valence-electron chi connectivity index (χ1n) is 5.62. The van der Waals surface area contributed by atoms with Crippen LogP contribution in [0, 0.1) is 5.82 Å². The molecular weight excluding hydrogens is 239 g/mol. The standard InChI is InChI=1S/C12H15FN2OS/c13-8-5-9(14)7-11(6-8)17-4-3-12(16)15-10-1-2-10/h5-7,10H,1-4,14H2,(H,15,16). The first kappa shape index (κ1) is 12.2. The van der Waals surface area contributed by atoms with Gasteiger partial charge >= 0.3 is 0 Å². The van der Waals surface area contributed by atoms with Crippen molar-refractivity contribution in [3.63, 3.8) is 0 Å². The Kier molecular flexibility index (Phi) is 3.89. The van der Waals surface area contributed by atoms with E-state index in [1.165, 1.54) is 23.9 Å². The van der Waals surface area contributed by atoms with Gasteiger partial charge in [-0.3, -0.25) is 4.79 Å². The predicted molar refractivity (Wildman–Crippen MR) is 67.3 cm³/mol. The molecular formula is C12H15FN2OS. The number of benzene rings is 1. The van der Waals surface area contributed by atoms with E-state index in [4.69, 9.17) is 5.73 Å². The summed E-state index contributed by atoms with van der Waals surface area (Å²) in [5.74, 6) is 0.376. The molecule has 1 aromatic carbocycles. The topological polar surface area (TPSA) is 55.1 Å². The summed E-state index contributed by atoms with van der Waals surface area (Å²) in [6, 6.07) is 4.83. The van der Waals surface area contributed by atoms with Crippen LogP contribution in [0.3, 0.4) is 0 Å². The second kappa shape index (κ2) is 5.40. The van der Waals surface area contributed by atoms with Gasteiger partial charge in [-0.05, 0) is 31.0 Å². The number of carbonyl (C=O) groups is 1. The number of amides is 1. The van der Waals surface area contributed by atoms with E-state index in [1.807, 2.05) is 0 Å². The summed E-state index contributed by atoms with van der Waals surface area (Å²) in [6.07, 6.45) is 2.65. The molecule has 1 aromatic rings. The Hall–Kier alpha value is -1.23. The Morgan fingerprint density at radius 3 is 2.88 bits per heavy atom. The largest absolute Gasteiger partial charge is 0.399 e. The molecule has 0 heterocycles. The third-order valence-corrected chi connectivity index (χ3v) is 3.41. The van der Waals surface area contributed by atoms with Crippen molar-refractivity contribution in [1.82, 2.24) is 5.32 Å². The molecule has 5 heteroatoms. The maximum absolute atomic E-state index is 13.0. The Balaban J connectivity index is 1.74. The van der Waals surface area contributed by atoms with E-state index >= 15 is 0 Å². The van der Waals surface area contributed by atoms with Crippen LogP contribution >= 0.6 is 11.8 Å². The summed E-state index contributed by atoms with van der Waals surface area (Å²) in [4.78, 5) is 12.2. The molecule has 0 bridgehead atoms. The van der Waals surface area contributed by atoms with Crippen molar-refractivity contribution >= 4 is 23.4 Å². The molecule has 0 aliphatic heterocycles. The van der Waals surface area contributed by atoms with Crippen molar-refractivity contribution in [3.05, 3.63) is 24.0 Å². The van der Waals surface area contributed by atoms with Gasteiger partial charge < -0.3 is 11.1 Å². The fourth-order valence-corrected chi connectivity index (χ4v) is 2.40. The van der Waals surface area contributed by atoms with Crippen LogP contribution < -0.4 is 11.1 Å². The number of rotatable bonds is 5. The minimum Gasteiger partial charge on any atom is -0.399 e. The number of nitrogen functional groups attached to an aromatic ring is 1. The van der Waals surface area contributed by atoms with Gasteiger partial charge in [0.15, 0.2) is 0 Å².